The molecule has 1 saturated heterocycles. The van der Waals surface area contributed by atoms with Gasteiger partial charge in [0.15, 0.2) is 0 Å². The average Bonchev–Trinajstić information content (AvgIpc) is 3.45. The Hall–Kier alpha value is -3.72. The van der Waals surface area contributed by atoms with Crippen molar-refractivity contribution in [2.75, 3.05) is 31.6 Å². The number of aromatic nitrogens is 2. The summed E-state index contributed by atoms with van der Waals surface area (Å²) < 4.78 is 0. The molecule has 9 heteroatoms. The summed E-state index contributed by atoms with van der Waals surface area (Å²) in [7, 11) is 1.57. The van der Waals surface area contributed by atoms with Crippen LogP contribution in [0.25, 0.3) is 0 Å². The summed E-state index contributed by atoms with van der Waals surface area (Å²) >= 11 is 1.74. The first-order valence-corrected chi connectivity index (χ1v) is 14.3. The second-order valence-corrected chi connectivity index (χ2v) is 10.7. The Labute approximate surface area is 235 Å². The minimum Gasteiger partial charge on any atom is -0.399 e. The Kier molecular flexibility index (Phi) is 9.70. The number of carbonyl (C=O) groups excluding carboxylic acids is 1. The van der Waals surface area contributed by atoms with Gasteiger partial charge in [0.05, 0.1) is 22.7 Å². The summed E-state index contributed by atoms with van der Waals surface area (Å²) in [6.07, 6.45) is 4.29. The topological polar surface area (TPSA) is 83.0 Å². The Morgan fingerprint density at radius 3 is 2.49 bits per heavy atom. The van der Waals surface area contributed by atoms with E-state index in [0.29, 0.717) is 36.0 Å². The Morgan fingerprint density at radius 2 is 1.87 bits per heavy atom. The minimum atomic E-state index is -0.129. The van der Waals surface area contributed by atoms with Gasteiger partial charge in [-0.3, -0.25) is 4.79 Å². The highest BCUT2D eigenvalue weighted by Crippen LogP contribution is 2.28. The summed E-state index contributed by atoms with van der Waals surface area (Å²) in [5.41, 5.74) is 7.47. The predicted molar refractivity (Wildman–Crippen MR) is 158 cm³/mol. The number of oxime groups is 1. The fourth-order valence-corrected chi connectivity index (χ4v) is 5.74. The molecule has 206 valence electrons. The van der Waals surface area contributed by atoms with Crippen LogP contribution in [0.4, 0.5) is 5.69 Å². The van der Waals surface area contributed by atoms with Gasteiger partial charge in [-0.2, -0.15) is 11.3 Å². The molecule has 1 aliphatic rings. The fraction of sp³-hybridized carbons (Fsp3) is 0.400. The number of carbonyl (C=O) groups is 1. The van der Waals surface area contributed by atoms with Gasteiger partial charge in [0.1, 0.15) is 13.4 Å². The predicted octanol–water partition coefficient (Wildman–Crippen LogP) is 5.33. The van der Waals surface area contributed by atoms with Crippen LogP contribution in [0, 0.1) is 13.8 Å². The van der Waals surface area contributed by atoms with Crippen molar-refractivity contribution >= 4 is 28.6 Å². The normalized spacial score (nSPS) is 14.3. The van der Waals surface area contributed by atoms with Gasteiger partial charge >= 0.3 is 0 Å². The third kappa shape index (κ3) is 7.23. The van der Waals surface area contributed by atoms with Crippen molar-refractivity contribution in [2.45, 2.75) is 52.6 Å². The Bertz CT molecular complexity index is 1260. The largest absolute Gasteiger partial charge is 0.399 e. The molecule has 8 nitrogen and oxygen atoms in total. The molecule has 0 atom stereocenters. The van der Waals surface area contributed by atoms with E-state index in [1.807, 2.05) is 20.8 Å². The van der Waals surface area contributed by atoms with Gasteiger partial charge in [0, 0.05) is 50.0 Å². The number of hydrogen-bond acceptors (Lipinski definition) is 8. The van der Waals surface area contributed by atoms with E-state index >= 15 is 0 Å². The van der Waals surface area contributed by atoms with Gasteiger partial charge in [-0.1, -0.05) is 23.9 Å². The maximum Gasteiger partial charge on any atom is 0.254 e. The van der Waals surface area contributed by atoms with E-state index in [4.69, 9.17) is 4.84 Å². The SMILES string of the molecule is C=C(CCNC(=O)c1c(C)ncnc1C)N1CCC(N(Cc2ccsc2)c2ccc(/C(C)=N/OC)cc2)CC1. The van der Waals surface area contributed by atoms with Crippen molar-refractivity contribution in [3.05, 3.63) is 87.8 Å². The Morgan fingerprint density at radius 1 is 1.18 bits per heavy atom. The van der Waals surface area contributed by atoms with Crippen LogP contribution in [0.1, 0.15) is 59.1 Å². The van der Waals surface area contributed by atoms with Crippen LogP contribution in [0.15, 0.2) is 64.9 Å². The highest BCUT2D eigenvalue weighted by atomic mass is 32.1. The molecule has 1 amide bonds. The average molecular weight is 547 g/mol. The zero-order chi connectivity index (χ0) is 27.8. The smallest absolute Gasteiger partial charge is 0.254 e. The van der Waals surface area contributed by atoms with Crippen LogP contribution in [0.2, 0.25) is 0 Å². The van der Waals surface area contributed by atoms with Crippen LogP contribution < -0.4 is 10.2 Å². The lowest BCUT2D eigenvalue weighted by molar-refractivity contribution is 0.0951. The molecular weight excluding hydrogens is 508 g/mol. The Balaban J connectivity index is 1.34. The van der Waals surface area contributed by atoms with E-state index in [2.05, 4.69) is 77.9 Å². The van der Waals surface area contributed by atoms with Crippen molar-refractivity contribution in [2.24, 2.45) is 5.16 Å². The van der Waals surface area contributed by atoms with Crippen LogP contribution >= 0.6 is 11.3 Å². The molecule has 1 fully saturated rings. The van der Waals surface area contributed by atoms with Crippen LogP contribution in [-0.4, -0.2) is 59.3 Å². The molecular formula is C30H38N6O2S. The number of benzene rings is 1. The second-order valence-electron chi connectivity index (χ2n) is 9.88. The zero-order valence-electron chi connectivity index (χ0n) is 23.3. The van der Waals surface area contributed by atoms with E-state index in [0.717, 1.165) is 49.4 Å². The molecule has 3 heterocycles. The third-order valence-electron chi connectivity index (χ3n) is 7.28. The summed E-state index contributed by atoms with van der Waals surface area (Å²) in [6.45, 7) is 13.3. The molecule has 39 heavy (non-hydrogen) atoms. The minimum absolute atomic E-state index is 0.129. The van der Waals surface area contributed by atoms with Gasteiger partial charge in [-0.15, -0.1) is 0 Å². The number of nitrogens with zero attached hydrogens (tertiary/aromatic N) is 5. The first-order chi connectivity index (χ1) is 18.9. The van der Waals surface area contributed by atoms with E-state index in [1.165, 1.54) is 17.6 Å². The number of nitrogens with one attached hydrogen (secondary N) is 1. The molecule has 1 aliphatic heterocycles. The molecule has 0 bridgehead atoms. The number of aryl methyl sites for hydroxylation is 2. The molecule has 0 unspecified atom stereocenters. The molecule has 0 spiro atoms. The quantitative estimate of drug-likeness (QED) is 0.259. The van der Waals surface area contributed by atoms with Crippen LogP contribution in [0.3, 0.4) is 0 Å². The van der Waals surface area contributed by atoms with E-state index in [-0.39, 0.29) is 5.91 Å². The van der Waals surface area contributed by atoms with E-state index in [9.17, 15) is 4.79 Å². The number of likely N-dealkylation sites (tertiary alicyclic amines) is 1. The lowest BCUT2D eigenvalue weighted by Crippen LogP contribution is -2.44. The molecule has 2 aromatic heterocycles. The second kappa shape index (κ2) is 13.4. The first-order valence-electron chi connectivity index (χ1n) is 13.3. The monoisotopic (exact) mass is 546 g/mol. The number of amides is 1. The summed E-state index contributed by atoms with van der Waals surface area (Å²) in [4.78, 5) is 30.8. The maximum atomic E-state index is 12.7. The maximum absolute atomic E-state index is 12.7. The van der Waals surface area contributed by atoms with Crippen molar-refractivity contribution in [1.82, 2.24) is 20.2 Å². The standard InChI is InChI=1S/C30H38N6O2S/c1-21(10-14-31-30(37)29-23(3)32-20-33-24(29)4)35-15-11-28(12-16-35)36(18-25-13-17-39-19-25)27-8-6-26(7-9-27)22(2)34-38-5/h6-9,13,17,19-20,28H,1,10-12,14-16,18H2,2-5H3,(H,31,37)/b34-22+. The van der Waals surface area contributed by atoms with E-state index < -0.39 is 0 Å². The van der Waals surface area contributed by atoms with E-state index in [1.54, 1.807) is 18.4 Å². The van der Waals surface area contributed by atoms with Gasteiger partial charge in [-0.25, -0.2) is 9.97 Å². The first kappa shape index (κ1) is 28.3. The zero-order valence-corrected chi connectivity index (χ0v) is 24.1. The lowest BCUT2D eigenvalue weighted by atomic mass is 10.00. The number of hydrogen-bond donors (Lipinski definition) is 1. The third-order valence-corrected chi connectivity index (χ3v) is 8.02. The van der Waals surface area contributed by atoms with Crippen molar-refractivity contribution < 1.29 is 9.63 Å². The van der Waals surface area contributed by atoms with Crippen LogP contribution in [0.5, 0.6) is 0 Å². The molecule has 1 N–H and O–H groups in total. The number of rotatable bonds is 11. The number of piperidine rings is 1. The summed E-state index contributed by atoms with van der Waals surface area (Å²) in [5.74, 6) is -0.129. The van der Waals surface area contributed by atoms with Gasteiger partial charge in [0.25, 0.3) is 5.91 Å². The molecule has 3 aromatic rings. The highest BCUT2D eigenvalue weighted by Gasteiger charge is 2.26. The number of anilines is 1. The molecule has 4 rings (SSSR count). The van der Waals surface area contributed by atoms with Crippen molar-refractivity contribution in [3.8, 4) is 0 Å². The highest BCUT2D eigenvalue weighted by molar-refractivity contribution is 7.07. The van der Waals surface area contributed by atoms with Crippen molar-refractivity contribution in [1.29, 1.82) is 0 Å². The van der Waals surface area contributed by atoms with Gasteiger partial charge < -0.3 is 20.0 Å². The molecule has 1 aromatic carbocycles. The van der Waals surface area contributed by atoms with Gasteiger partial charge in [-0.05, 0) is 73.7 Å². The van der Waals surface area contributed by atoms with Crippen LogP contribution in [-0.2, 0) is 11.4 Å². The molecule has 0 saturated carbocycles. The fourth-order valence-electron chi connectivity index (χ4n) is 5.08. The molecule has 0 radical (unpaired) electrons. The van der Waals surface area contributed by atoms with Crippen molar-refractivity contribution in [3.63, 3.8) is 0 Å². The summed E-state index contributed by atoms with van der Waals surface area (Å²) in [5, 5.41) is 11.4. The summed E-state index contributed by atoms with van der Waals surface area (Å²) in [6, 6.07) is 11.2. The van der Waals surface area contributed by atoms with Gasteiger partial charge in [0.2, 0.25) is 0 Å². The lowest BCUT2D eigenvalue weighted by Gasteiger charge is -2.41. The molecule has 0 aliphatic carbocycles. The number of thiophene rings is 1.